The van der Waals surface area contributed by atoms with E-state index in [4.69, 9.17) is 5.11 Å². The largest absolute Gasteiger partial charge is 0.480 e. The van der Waals surface area contributed by atoms with Gasteiger partial charge in [0.15, 0.2) is 0 Å². The number of aliphatic carboxylic acids is 1. The summed E-state index contributed by atoms with van der Waals surface area (Å²) in [6, 6.07) is 8.77. The Balaban J connectivity index is 2.31. The quantitative estimate of drug-likeness (QED) is 0.909. The van der Waals surface area contributed by atoms with Gasteiger partial charge in [-0.25, -0.2) is 4.79 Å². The van der Waals surface area contributed by atoms with Crippen LogP contribution in [0.4, 0.5) is 0 Å². The lowest BCUT2D eigenvalue weighted by atomic mass is 10.1. The maximum atomic E-state index is 12.0. The Hall–Kier alpha value is -1.49. The van der Waals surface area contributed by atoms with Crippen LogP contribution in [0.5, 0.6) is 0 Å². The van der Waals surface area contributed by atoms with E-state index < -0.39 is 12.0 Å². The van der Waals surface area contributed by atoms with E-state index in [-0.39, 0.29) is 11.3 Å². The Bertz CT molecular complexity index is 449. The van der Waals surface area contributed by atoms with Gasteiger partial charge in [-0.3, -0.25) is 4.79 Å². The van der Waals surface area contributed by atoms with Crippen LogP contribution in [0, 0.1) is 0 Å². The van der Waals surface area contributed by atoms with Crippen LogP contribution in [0.15, 0.2) is 30.3 Å². The van der Waals surface area contributed by atoms with Crippen molar-refractivity contribution in [3.05, 3.63) is 35.9 Å². The molecule has 1 aromatic carbocycles. The Morgan fingerprint density at radius 2 is 2.11 bits per heavy atom. The number of nitrogens with zero attached hydrogens (tertiary/aromatic N) is 1. The highest BCUT2D eigenvalue weighted by atomic mass is 32.2. The highest BCUT2D eigenvalue weighted by molar-refractivity contribution is 7.99. The van der Waals surface area contributed by atoms with E-state index in [2.05, 4.69) is 0 Å². The van der Waals surface area contributed by atoms with Gasteiger partial charge in [-0.1, -0.05) is 30.3 Å². The molecule has 0 bridgehead atoms. The number of thioether (sulfide) groups is 1. The normalized spacial score (nSPS) is 21.7. The van der Waals surface area contributed by atoms with Gasteiger partial charge in [-0.2, -0.15) is 0 Å². The summed E-state index contributed by atoms with van der Waals surface area (Å²) >= 11 is 1.62. The fourth-order valence-corrected chi connectivity index (χ4v) is 3.34. The molecule has 5 heteroatoms. The van der Waals surface area contributed by atoms with Crippen molar-refractivity contribution in [3.63, 3.8) is 0 Å². The summed E-state index contributed by atoms with van der Waals surface area (Å²) in [5.41, 5.74) is 0.976. The van der Waals surface area contributed by atoms with E-state index in [1.54, 1.807) is 18.7 Å². The maximum absolute atomic E-state index is 12.0. The third-order valence-electron chi connectivity index (χ3n) is 2.99. The average molecular weight is 265 g/mol. The molecule has 96 valence electrons. The zero-order valence-electron chi connectivity index (χ0n) is 10.1. The number of carbonyl (C=O) groups excluding carboxylic acids is 1. The summed E-state index contributed by atoms with van der Waals surface area (Å²) in [5.74, 6) is -0.314. The van der Waals surface area contributed by atoms with Gasteiger partial charge in [0.25, 0.3) is 0 Å². The highest BCUT2D eigenvalue weighted by Crippen LogP contribution is 2.38. The highest BCUT2D eigenvalue weighted by Gasteiger charge is 2.35. The van der Waals surface area contributed by atoms with Gasteiger partial charge >= 0.3 is 5.97 Å². The minimum absolute atomic E-state index is 0.0856. The number of amides is 1. The van der Waals surface area contributed by atoms with Gasteiger partial charge in [-0.15, -0.1) is 11.8 Å². The average Bonchev–Trinajstić information content (AvgIpc) is 2.38. The van der Waals surface area contributed by atoms with Crippen molar-refractivity contribution in [2.75, 3.05) is 5.75 Å². The molecule has 1 saturated heterocycles. The number of carbonyl (C=O) groups is 2. The van der Waals surface area contributed by atoms with Crippen molar-refractivity contribution in [2.45, 2.75) is 24.8 Å². The first-order valence-electron chi connectivity index (χ1n) is 5.82. The first-order chi connectivity index (χ1) is 8.61. The zero-order chi connectivity index (χ0) is 13.1. The lowest BCUT2D eigenvalue weighted by Gasteiger charge is -2.37. The summed E-state index contributed by atoms with van der Waals surface area (Å²) < 4.78 is 0. The van der Waals surface area contributed by atoms with Gasteiger partial charge in [0.1, 0.15) is 11.4 Å². The van der Waals surface area contributed by atoms with E-state index in [1.165, 1.54) is 4.90 Å². The molecule has 1 fully saturated rings. The number of hydrogen-bond acceptors (Lipinski definition) is 3. The zero-order valence-corrected chi connectivity index (χ0v) is 10.9. The second-order valence-corrected chi connectivity index (χ2v) is 5.39. The first kappa shape index (κ1) is 13.0. The molecule has 2 atom stereocenters. The smallest absolute Gasteiger partial charge is 0.326 e. The topological polar surface area (TPSA) is 57.6 Å². The van der Waals surface area contributed by atoms with Crippen LogP contribution in [0.2, 0.25) is 0 Å². The van der Waals surface area contributed by atoms with Crippen LogP contribution in [-0.4, -0.2) is 33.7 Å². The van der Waals surface area contributed by atoms with Crippen LogP contribution < -0.4 is 0 Å². The molecule has 0 spiro atoms. The second-order valence-electron chi connectivity index (χ2n) is 4.20. The van der Waals surface area contributed by atoms with Gasteiger partial charge in [0.2, 0.25) is 5.91 Å². The number of carboxylic acids is 1. The Kier molecular flexibility index (Phi) is 3.91. The van der Waals surface area contributed by atoms with E-state index >= 15 is 0 Å². The number of rotatable bonds is 3. The van der Waals surface area contributed by atoms with Crippen LogP contribution >= 0.6 is 11.8 Å². The van der Waals surface area contributed by atoms with Crippen LogP contribution in [0.1, 0.15) is 24.3 Å². The number of benzene rings is 1. The van der Waals surface area contributed by atoms with Crippen molar-refractivity contribution in [1.29, 1.82) is 0 Å². The molecule has 0 radical (unpaired) electrons. The SMILES string of the molecule is CC(C(=O)O)N1C(=O)CCSC1c1ccccc1. The molecule has 0 aromatic heterocycles. The van der Waals surface area contributed by atoms with Crippen molar-refractivity contribution < 1.29 is 14.7 Å². The molecule has 2 rings (SSSR count). The van der Waals surface area contributed by atoms with Crippen molar-refractivity contribution in [1.82, 2.24) is 4.90 Å². The summed E-state index contributed by atoms with van der Waals surface area (Å²) in [4.78, 5) is 24.6. The molecule has 0 saturated carbocycles. The fraction of sp³-hybridized carbons (Fsp3) is 0.385. The van der Waals surface area contributed by atoms with Gasteiger partial charge in [0.05, 0.1) is 0 Å². The second kappa shape index (κ2) is 5.44. The Labute approximate surface area is 110 Å². The molecular formula is C13H15NO3S. The molecule has 1 aliphatic heterocycles. The van der Waals surface area contributed by atoms with E-state index in [1.807, 2.05) is 30.3 Å². The molecule has 2 unspecified atom stereocenters. The van der Waals surface area contributed by atoms with Crippen molar-refractivity contribution in [3.8, 4) is 0 Å². The van der Waals surface area contributed by atoms with Crippen LogP contribution in [0.25, 0.3) is 0 Å². The summed E-state index contributed by atoms with van der Waals surface area (Å²) in [6.45, 7) is 1.56. The first-order valence-corrected chi connectivity index (χ1v) is 6.86. The molecular weight excluding hydrogens is 250 g/mol. The van der Waals surface area contributed by atoms with E-state index in [0.29, 0.717) is 6.42 Å². The summed E-state index contributed by atoms with van der Waals surface area (Å²) in [6.07, 6.45) is 0.408. The fourth-order valence-electron chi connectivity index (χ4n) is 2.01. The van der Waals surface area contributed by atoms with Crippen LogP contribution in [-0.2, 0) is 9.59 Å². The third kappa shape index (κ3) is 2.51. The maximum Gasteiger partial charge on any atom is 0.326 e. The number of hydrogen-bond donors (Lipinski definition) is 1. The molecule has 1 amide bonds. The van der Waals surface area contributed by atoms with Gasteiger partial charge in [-0.05, 0) is 12.5 Å². The summed E-state index contributed by atoms with van der Waals surface area (Å²) in [7, 11) is 0. The molecule has 18 heavy (non-hydrogen) atoms. The van der Waals surface area contributed by atoms with Gasteiger partial charge < -0.3 is 10.0 Å². The molecule has 0 aliphatic carbocycles. The summed E-state index contributed by atoms with van der Waals surface area (Å²) in [5, 5.41) is 8.92. The van der Waals surface area contributed by atoms with E-state index in [9.17, 15) is 9.59 Å². The molecule has 1 aromatic rings. The lowest BCUT2D eigenvalue weighted by molar-refractivity contribution is -0.150. The molecule has 4 nitrogen and oxygen atoms in total. The Morgan fingerprint density at radius 3 is 2.72 bits per heavy atom. The van der Waals surface area contributed by atoms with Crippen molar-refractivity contribution >= 4 is 23.6 Å². The minimum atomic E-state index is -0.966. The number of carboxylic acid groups (broad SMARTS) is 1. The standard InChI is InChI=1S/C13H15NO3S/c1-9(13(16)17)14-11(15)7-8-18-12(14)10-5-3-2-4-6-10/h2-6,9,12H,7-8H2,1H3,(H,16,17). The van der Waals surface area contributed by atoms with Crippen molar-refractivity contribution in [2.24, 2.45) is 0 Å². The lowest BCUT2D eigenvalue weighted by Crippen LogP contribution is -2.46. The third-order valence-corrected chi connectivity index (χ3v) is 4.25. The monoisotopic (exact) mass is 265 g/mol. The van der Waals surface area contributed by atoms with E-state index in [0.717, 1.165) is 11.3 Å². The molecule has 1 aliphatic rings. The molecule has 1 heterocycles. The predicted octanol–water partition coefficient (Wildman–Crippen LogP) is 2.12. The Morgan fingerprint density at radius 1 is 1.44 bits per heavy atom. The molecule has 1 N–H and O–H groups in total. The van der Waals surface area contributed by atoms with Crippen LogP contribution in [0.3, 0.4) is 0 Å². The minimum Gasteiger partial charge on any atom is -0.480 e. The predicted molar refractivity (Wildman–Crippen MR) is 70.2 cm³/mol. The van der Waals surface area contributed by atoms with Gasteiger partial charge in [0, 0.05) is 12.2 Å².